The Bertz CT molecular complexity index is 1270. The van der Waals surface area contributed by atoms with Gasteiger partial charge in [0, 0.05) is 18.2 Å². The molecule has 1 aromatic carbocycles. The van der Waals surface area contributed by atoms with Gasteiger partial charge >= 0.3 is 6.09 Å². The zero-order valence-electron chi connectivity index (χ0n) is 17.2. The Morgan fingerprint density at radius 3 is 2.41 bits per heavy atom. The number of pyridine rings is 1. The maximum Gasteiger partial charge on any atom is 0.404 e. The van der Waals surface area contributed by atoms with E-state index in [2.05, 4.69) is 20.1 Å². The number of benzene rings is 1. The van der Waals surface area contributed by atoms with Gasteiger partial charge in [0.15, 0.2) is 11.5 Å². The topological polar surface area (TPSA) is 158 Å². The van der Waals surface area contributed by atoms with E-state index in [-0.39, 0.29) is 35.5 Å². The highest BCUT2D eigenvalue weighted by atomic mass is 19.1. The van der Waals surface area contributed by atoms with Crippen LogP contribution in [0.1, 0.15) is 11.1 Å². The molecule has 32 heavy (non-hydrogen) atoms. The van der Waals surface area contributed by atoms with Crippen LogP contribution in [-0.4, -0.2) is 43.0 Å². The van der Waals surface area contributed by atoms with Crippen molar-refractivity contribution < 1.29 is 18.7 Å². The molecule has 0 atom stereocenters. The summed E-state index contributed by atoms with van der Waals surface area (Å²) >= 11 is 0. The van der Waals surface area contributed by atoms with Crippen molar-refractivity contribution in [3.8, 4) is 11.5 Å². The number of hydrogen-bond donors (Lipinski definition) is 4. The predicted molar refractivity (Wildman–Crippen MR) is 115 cm³/mol. The second-order valence-electron chi connectivity index (χ2n) is 6.62. The van der Waals surface area contributed by atoms with E-state index in [9.17, 15) is 13.6 Å². The number of carboxylic acid groups (broad SMARTS) is 1. The Morgan fingerprint density at radius 2 is 1.81 bits per heavy atom. The first kappa shape index (κ1) is 22.3. The molecule has 10 nitrogen and oxygen atoms in total. The van der Waals surface area contributed by atoms with Crippen LogP contribution in [0, 0.1) is 18.6 Å². The minimum absolute atomic E-state index is 0.110. The second-order valence-corrected chi connectivity index (χ2v) is 6.62. The normalized spacial score (nSPS) is 10.5. The fourth-order valence-electron chi connectivity index (χ4n) is 2.76. The fraction of sp³-hybridized carbons (Fsp3) is 0.150. The molecule has 0 saturated carbocycles. The fourth-order valence-corrected chi connectivity index (χ4v) is 2.76. The van der Waals surface area contributed by atoms with Gasteiger partial charge in [-0.25, -0.2) is 33.2 Å². The highest BCUT2D eigenvalue weighted by molar-refractivity contribution is 5.89. The lowest BCUT2D eigenvalue weighted by Crippen LogP contribution is -2.13. The molecule has 4 aromatic rings. The highest BCUT2D eigenvalue weighted by Crippen LogP contribution is 2.28. The van der Waals surface area contributed by atoms with Crippen LogP contribution in [0.5, 0.6) is 0 Å². The number of rotatable bonds is 3. The van der Waals surface area contributed by atoms with E-state index >= 15 is 0 Å². The smallest absolute Gasteiger partial charge is 0.404 e. The van der Waals surface area contributed by atoms with Crippen LogP contribution in [0.15, 0.2) is 36.5 Å². The SMILES string of the molecule is CNC(=O)O.Cc1c(N)nc(-c2nn(Cc3ccccc3F)c3ncc(F)cc23)nc1N. The van der Waals surface area contributed by atoms with E-state index in [1.54, 1.807) is 25.1 Å². The molecule has 0 spiro atoms. The van der Waals surface area contributed by atoms with Gasteiger partial charge in [-0.15, -0.1) is 0 Å². The third-order valence-electron chi connectivity index (χ3n) is 4.48. The van der Waals surface area contributed by atoms with Gasteiger partial charge in [0.1, 0.15) is 29.0 Å². The van der Waals surface area contributed by atoms with Crippen LogP contribution in [-0.2, 0) is 6.54 Å². The molecule has 12 heteroatoms. The Kier molecular flexibility index (Phi) is 6.42. The average Bonchev–Trinajstić information content (AvgIpc) is 3.11. The van der Waals surface area contributed by atoms with Gasteiger partial charge in [-0.1, -0.05) is 18.2 Å². The standard InChI is InChI=1S/C18H15F2N7.C2H5NO2/c1-9-15(21)24-17(25-16(9)22)14-12-6-11(19)7-23-18(12)27(26-14)8-10-4-2-3-5-13(10)20;1-3-2(4)5/h2-7H,8H2,1H3,(H4,21,22,24,25);3H,1H3,(H,4,5). The summed E-state index contributed by atoms with van der Waals surface area (Å²) in [6.07, 6.45) is 0.0784. The van der Waals surface area contributed by atoms with Gasteiger partial charge in [0.25, 0.3) is 0 Å². The average molecular weight is 442 g/mol. The number of nitrogens with two attached hydrogens (primary N) is 2. The third-order valence-corrected chi connectivity index (χ3v) is 4.48. The van der Waals surface area contributed by atoms with E-state index in [0.29, 0.717) is 22.2 Å². The molecule has 6 N–H and O–H groups in total. The quantitative estimate of drug-likeness (QED) is 0.377. The summed E-state index contributed by atoms with van der Waals surface area (Å²) in [4.78, 5) is 21.8. The molecule has 1 amide bonds. The molecule has 3 heterocycles. The molecule has 0 aliphatic carbocycles. The first-order valence-electron chi connectivity index (χ1n) is 9.27. The van der Waals surface area contributed by atoms with Crippen molar-refractivity contribution in [3.63, 3.8) is 0 Å². The van der Waals surface area contributed by atoms with Gasteiger partial charge in [-0.3, -0.25) is 0 Å². The summed E-state index contributed by atoms with van der Waals surface area (Å²) in [5.74, 6) is -0.343. The van der Waals surface area contributed by atoms with E-state index in [0.717, 1.165) is 6.20 Å². The van der Waals surface area contributed by atoms with Crippen LogP contribution in [0.25, 0.3) is 22.6 Å². The summed E-state index contributed by atoms with van der Waals surface area (Å²) < 4.78 is 29.3. The lowest BCUT2D eigenvalue weighted by molar-refractivity contribution is 0.197. The number of anilines is 2. The Hall–Kier alpha value is -4.35. The molecule has 0 aliphatic heterocycles. The lowest BCUT2D eigenvalue weighted by atomic mass is 10.2. The van der Waals surface area contributed by atoms with Crippen LogP contribution in [0.4, 0.5) is 25.2 Å². The number of nitrogen functional groups attached to an aromatic ring is 2. The van der Waals surface area contributed by atoms with Crippen molar-refractivity contribution in [1.82, 2.24) is 30.0 Å². The van der Waals surface area contributed by atoms with Gasteiger partial charge in [-0.05, 0) is 19.1 Å². The maximum atomic E-state index is 14.0. The van der Waals surface area contributed by atoms with Gasteiger partial charge in [0.2, 0.25) is 0 Å². The maximum absolute atomic E-state index is 14.0. The molecule has 0 saturated heterocycles. The largest absolute Gasteiger partial charge is 0.465 e. The molecule has 0 bridgehead atoms. The van der Waals surface area contributed by atoms with Crippen LogP contribution < -0.4 is 16.8 Å². The zero-order valence-corrected chi connectivity index (χ0v) is 17.2. The minimum atomic E-state index is -0.995. The van der Waals surface area contributed by atoms with E-state index in [1.807, 2.05) is 5.32 Å². The molecular formula is C20H20F2N8O2. The number of nitrogens with zero attached hydrogens (tertiary/aromatic N) is 5. The Balaban J connectivity index is 0.000000523. The summed E-state index contributed by atoms with van der Waals surface area (Å²) in [5, 5.41) is 14.4. The second kappa shape index (κ2) is 9.20. The minimum Gasteiger partial charge on any atom is -0.465 e. The van der Waals surface area contributed by atoms with Gasteiger partial charge in [-0.2, -0.15) is 5.10 Å². The van der Waals surface area contributed by atoms with Gasteiger partial charge < -0.3 is 21.9 Å². The van der Waals surface area contributed by atoms with Crippen molar-refractivity contribution in [2.75, 3.05) is 18.5 Å². The molecule has 4 rings (SSSR count). The molecule has 166 valence electrons. The van der Waals surface area contributed by atoms with Crippen molar-refractivity contribution in [2.24, 2.45) is 0 Å². The van der Waals surface area contributed by atoms with Crippen molar-refractivity contribution in [2.45, 2.75) is 13.5 Å². The number of nitrogens with one attached hydrogen (secondary N) is 1. The summed E-state index contributed by atoms with van der Waals surface area (Å²) in [6, 6.07) is 7.61. The van der Waals surface area contributed by atoms with Crippen molar-refractivity contribution >= 4 is 28.8 Å². The zero-order chi connectivity index (χ0) is 23.4. The number of carbonyl (C=O) groups is 1. The number of amides is 1. The first-order chi connectivity index (χ1) is 15.2. The lowest BCUT2D eigenvalue weighted by Gasteiger charge is -2.05. The number of halogens is 2. The molecule has 0 radical (unpaired) electrons. The summed E-state index contributed by atoms with van der Waals surface area (Å²) in [6.45, 7) is 1.81. The van der Waals surface area contributed by atoms with Gasteiger partial charge in [0.05, 0.1) is 18.1 Å². The summed E-state index contributed by atoms with van der Waals surface area (Å²) in [5.41, 5.74) is 13.4. The van der Waals surface area contributed by atoms with E-state index in [4.69, 9.17) is 16.6 Å². The molecule has 3 aromatic heterocycles. The molecule has 0 aliphatic rings. The molecular weight excluding hydrogens is 422 g/mol. The Morgan fingerprint density at radius 1 is 1.19 bits per heavy atom. The van der Waals surface area contributed by atoms with E-state index < -0.39 is 11.9 Å². The first-order valence-corrected chi connectivity index (χ1v) is 9.27. The van der Waals surface area contributed by atoms with Crippen molar-refractivity contribution in [1.29, 1.82) is 0 Å². The molecule has 0 unspecified atom stereocenters. The van der Waals surface area contributed by atoms with Crippen molar-refractivity contribution in [3.05, 3.63) is 59.3 Å². The number of fused-ring (bicyclic) bond motifs is 1. The molecule has 0 fully saturated rings. The Labute approximate surface area is 180 Å². The van der Waals surface area contributed by atoms with Crippen LogP contribution >= 0.6 is 0 Å². The number of aromatic nitrogens is 5. The van der Waals surface area contributed by atoms with E-state index in [1.165, 1.54) is 23.9 Å². The highest BCUT2D eigenvalue weighted by Gasteiger charge is 2.19. The van der Waals surface area contributed by atoms with Crippen LogP contribution in [0.3, 0.4) is 0 Å². The summed E-state index contributed by atoms with van der Waals surface area (Å²) in [7, 11) is 1.35. The van der Waals surface area contributed by atoms with Crippen LogP contribution in [0.2, 0.25) is 0 Å². The third kappa shape index (κ3) is 4.69. The number of hydrogen-bond acceptors (Lipinski definition) is 7. The predicted octanol–water partition coefficient (Wildman–Crippen LogP) is 2.57. The monoisotopic (exact) mass is 442 g/mol.